The van der Waals surface area contributed by atoms with Gasteiger partial charge < -0.3 is 23.8 Å². The van der Waals surface area contributed by atoms with Crippen molar-refractivity contribution in [2.45, 2.75) is 26.8 Å². The molecule has 0 spiro atoms. The van der Waals surface area contributed by atoms with E-state index in [1.165, 1.54) is 0 Å². The third-order valence-corrected chi connectivity index (χ3v) is 5.30. The molecule has 34 heavy (non-hydrogen) atoms. The molecule has 9 heteroatoms. The van der Waals surface area contributed by atoms with Crippen molar-refractivity contribution in [3.8, 4) is 34.2 Å². The van der Waals surface area contributed by atoms with E-state index in [0.29, 0.717) is 17.5 Å². The molecule has 176 valence electrons. The average Bonchev–Trinajstić information content (AvgIpc) is 3.52. The fourth-order valence-electron chi connectivity index (χ4n) is 3.34. The van der Waals surface area contributed by atoms with E-state index in [2.05, 4.69) is 20.6 Å². The maximum absolute atomic E-state index is 13.0. The second kappa shape index (κ2) is 9.38. The molecule has 0 saturated carbocycles. The number of amides is 1. The minimum absolute atomic E-state index is 0.148. The Kier molecular flexibility index (Phi) is 6.36. The summed E-state index contributed by atoms with van der Waals surface area (Å²) in [5, 5.41) is 11.0. The minimum atomic E-state index is -0.555. The van der Waals surface area contributed by atoms with Gasteiger partial charge in [-0.3, -0.25) is 4.79 Å². The number of rotatable bonds is 7. The van der Waals surface area contributed by atoms with E-state index in [4.69, 9.17) is 18.5 Å². The number of benzene rings is 2. The van der Waals surface area contributed by atoms with Gasteiger partial charge in [0.05, 0.1) is 14.2 Å². The Morgan fingerprint density at radius 3 is 2.03 bits per heavy atom. The van der Waals surface area contributed by atoms with E-state index in [0.717, 1.165) is 22.6 Å². The van der Waals surface area contributed by atoms with E-state index in [1.54, 1.807) is 20.3 Å². The summed E-state index contributed by atoms with van der Waals surface area (Å²) in [6, 6.07) is 15.6. The zero-order chi connectivity index (χ0) is 24.3. The van der Waals surface area contributed by atoms with Crippen molar-refractivity contribution >= 4 is 5.91 Å². The van der Waals surface area contributed by atoms with Crippen LogP contribution < -0.4 is 14.8 Å². The van der Waals surface area contributed by atoms with Crippen molar-refractivity contribution < 1.29 is 23.3 Å². The van der Waals surface area contributed by atoms with Crippen molar-refractivity contribution in [3.05, 3.63) is 66.2 Å². The first-order valence-corrected chi connectivity index (χ1v) is 10.7. The predicted molar refractivity (Wildman–Crippen MR) is 124 cm³/mol. The molecule has 0 saturated heterocycles. The van der Waals surface area contributed by atoms with Crippen LogP contribution in [-0.4, -0.2) is 35.4 Å². The van der Waals surface area contributed by atoms with Gasteiger partial charge in [-0.25, -0.2) is 0 Å². The summed E-state index contributed by atoms with van der Waals surface area (Å²) in [4.78, 5) is 17.5. The first-order valence-electron chi connectivity index (χ1n) is 10.7. The summed E-state index contributed by atoms with van der Waals surface area (Å²) in [7, 11) is 3.20. The first kappa shape index (κ1) is 23.0. The van der Waals surface area contributed by atoms with E-state index >= 15 is 0 Å². The van der Waals surface area contributed by atoms with Gasteiger partial charge >= 0.3 is 0 Å². The Morgan fingerprint density at radius 1 is 0.882 bits per heavy atom. The lowest BCUT2D eigenvalue weighted by molar-refractivity contribution is 0.0871. The van der Waals surface area contributed by atoms with Gasteiger partial charge in [0.15, 0.2) is 11.5 Å². The topological polar surface area (TPSA) is 113 Å². The molecule has 0 aliphatic heterocycles. The molecule has 0 fully saturated rings. The molecule has 9 nitrogen and oxygen atoms in total. The average molecular weight is 463 g/mol. The van der Waals surface area contributed by atoms with Gasteiger partial charge in [0, 0.05) is 17.2 Å². The van der Waals surface area contributed by atoms with Crippen LogP contribution in [0.15, 0.2) is 63.6 Å². The summed E-state index contributed by atoms with van der Waals surface area (Å²) in [5.41, 5.74) is 1.29. The lowest BCUT2D eigenvalue weighted by atomic mass is 9.86. The molecule has 4 rings (SSSR count). The van der Waals surface area contributed by atoms with Crippen LogP contribution in [0.1, 0.15) is 43.2 Å². The van der Waals surface area contributed by atoms with Crippen LogP contribution in [0.4, 0.5) is 0 Å². The van der Waals surface area contributed by atoms with Crippen LogP contribution in [0.3, 0.4) is 0 Å². The van der Waals surface area contributed by atoms with E-state index < -0.39 is 17.4 Å². The van der Waals surface area contributed by atoms with Crippen LogP contribution in [0, 0.1) is 5.41 Å². The number of carbonyl (C=O) groups is 1. The predicted octanol–water partition coefficient (Wildman–Crippen LogP) is 4.93. The number of carbonyl (C=O) groups excluding carboxylic acids is 1. The fourth-order valence-corrected chi connectivity index (χ4v) is 3.34. The Bertz CT molecular complexity index is 1250. The first-order chi connectivity index (χ1) is 16.3. The SMILES string of the molecule is COc1ccc(-c2noc([C@@H](NC(=O)c3cc(-c4ccc(OC)cc4)on3)C(C)(C)C)n2)cc1. The van der Waals surface area contributed by atoms with Crippen LogP contribution in [-0.2, 0) is 0 Å². The van der Waals surface area contributed by atoms with Gasteiger partial charge in [-0.2, -0.15) is 4.98 Å². The number of methoxy groups -OCH3 is 2. The number of ether oxygens (including phenoxy) is 2. The lowest BCUT2D eigenvalue weighted by Crippen LogP contribution is -2.37. The summed E-state index contributed by atoms with van der Waals surface area (Å²) in [6.45, 7) is 5.92. The maximum Gasteiger partial charge on any atom is 0.274 e. The minimum Gasteiger partial charge on any atom is -0.497 e. The molecule has 0 aliphatic carbocycles. The highest BCUT2D eigenvalue weighted by atomic mass is 16.5. The molecule has 0 bridgehead atoms. The maximum atomic E-state index is 13.0. The molecule has 4 aromatic rings. The number of nitrogens with zero attached hydrogens (tertiary/aromatic N) is 3. The molecule has 2 heterocycles. The highest BCUT2D eigenvalue weighted by molar-refractivity contribution is 5.93. The second-order valence-corrected chi connectivity index (χ2v) is 8.76. The quantitative estimate of drug-likeness (QED) is 0.412. The molecule has 0 radical (unpaired) electrons. The highest BCUT2D eigenvalue weighted by Crippen LogP contribution is 2.33. The molecule has 2 aromatic heterocycles. The van der Waals surface area contributed by atoms with Crippen LogP contribution in [0.25, 0.3) is 22.7 Å². The molecule has 1 amide bonds. The molecule has 0 aliphatic rings. The third-order valence-electron chi connectivity index (χ3n) is 5.30. The molecule has 0 unspecified atom stereocenters. The summed E-state index contributed by atoms with van der Waals surface area (Å²) < 4.78 is 21.3. The van der Waals surface area contributed by atoms with Crippen molar-refractivity contribution in [2.24, 2.45) is 5.41 Å². The highest BCUT2D eigenvalue weighted by Gasteiger charge is 2.34. The smallest absolute Gasteiger partial charge is 0.274 e. The third kappa shape index (κ3) is 4.93. The van der Waals surface area contributed by atoms with Crippen LogP contribution in [0.5, 0.6) is 11.5 Å². The van der Waals surface area contributed by atoms with Gasteiger partial charge in [0.1, 0.15) is 17.5 Å². The van der Waals surface area contributed by atoms with E-state index in [1.807, 2.05) is 69.3 Å². The van der Waals surface area contributed by atoms with Crippen LogP contribution in [0.2, 0.25) is 0 Å². The normalized spacial score (nSPS) is 12.3. The number of aromatic nitrogens is 3. The Morgan fingerprint density at radius 2 is 1.47 bits per heavy atom. The molecule has 1 atom stereocenters. The van der Waals surface area contributed by atoms with Crippen molar-refractivity contribution in [1.82, 2.24) is 20.6 Å². The summed E-state index contributed by atoms with van der Waals surface area (Å²) >= 11 is 0. The van der Waals surface area contributed by atoms with Crippen molar-refractivity contribution in [3.63, 3.8) is 0 Å². The fraction of sp³-hybridized carbons (Fsp3) is 0.280. The monoisotopic (exact) mass is 462 g/mol. The van der Waals surface area contributed by atoms with E-state index in [9.17, 15) is 4.79 Å². The Labute approximate surface area is 197 Å². The van der Waals surface area contributed by atoms with Gasteiger partial charge in [0.25, 0.3) is 5.91 Å². The van der Waals surface area contributed by atoms with Gasteiger partial charge in [-0.1, -0.05) is 31.1 Å². The molecular weight excluding hydrogens is 436 g/mol. The van der Waals surface area contributed by atoms with Crippen molar-refractivity contribution in [1.29, 1.82) is 0 Å². The van der Waals surface area contributed by atoms with Crippen LogP contribution >= 0.6 is 0 Å². The largest absolute Gasteiger partial charge is 0.497 e. The molecule has 1 N–H and O–H groups in total. The molecule has 2 aromatic carbocycles. The molecular formula is C25H26N4O5. The zero-order valence-corrected chi connectivity index (χ0v) is 19.7. The zero-order valence-electron chi connectivity index (χ0n) is 19.7. The van der Waals surface area contributed by atoms with Gasteiger partial charge in [-0.05, 0) is 53.9 Å². The Hall–Kier alpha value is -4.14. The second-order valence-electron chi connectivity index (χ2n) is 8.76. The summed E-state index contributed by atoms with van der Waals surface area (Å²) in [6.07, 6.45) is 0. The number of nitrogens with one attached hydrogen (secondary N) is 1. The van der Waals surface area contributed by atoms with Gasteiger partial charge in [0.2, 0.25) is 11.7 Å². The van der Waals surface area contributed by atoms with E-state index in [-0.39, 0.29) is 5.69 Å². The standard InChI is InChI=1S/C25H26N4O5/c1-25(2,3)21(24-27-22(29-34-24)16-8-12-18(32-5)13-9-16)26-23(30)19-14-20(33-28-19)15-6-10-17(31-4)11-7-15/h6-14,21H,1-5H3,(H,26,30)/t21-/m1/s1. The summed E-state index contributed by atoms with van der Waals surface area (Å²) in [5.74, 6) is 2.24. The lowest BCUT2D eigenvalue weighted by Gasteiger charge is -2.27. The Balaban J connectivity index is 1.53. The number of hydrogen-bond donors (Lipinski definition) is 1. The number of hydrogen-bond acceptors (Lipinski definition) is 8. The van der Waals surface area contributed by atoms with Gasteiger partial charge in [-0.15, -0.1) is 0 Å². The van der Waals surface area contributed by atoms with Crippen molar-refractivity contribution in [2.75, 3.05) is 14.2 Å².